The summed E-state index contributed by atoms with van der Waals surface area (Å²) in [6, 6.07) is 7.63. The third-order valence-corrected chi connectivity index (χ3v) is 3.87. The summed E-state index contributed by atoms with van der Waals surface area (Å²) in [5, 5.41) is 0. The minimum absolute atomic E-state index is 0.106. The summed E-state index contributed by atoms with van der Waals surface area (Å²) >= 11 is 0. The summed E-state index contributed by atoms with van der Waals surface area (Å²) in [5.41, 5.74) is 1.65. The van der Waals surface area contributed by atoms with Crippen LogP contribution in [0.5, 0.6) is 5.75 Å². The van der Waals surface area contributed by atoms with Gasteiger partial charge >= 0.3 is 6.03 Å². The molecule has 0 N–H and O–H groups in total. The number of aromatic nitrogens is 2. The lowest BCUT2D eigenvalue weighted by molar-refractivity contribution is 0.143. The van der Waals surface area contributed by atoms with Gasteiger partial charge in [0.05, 0.1) is 25.5 Å². The topological polar surface area (TPSA) is 56.6 Å². The van der Waals surface area contributed by atoms with E-state index < -0.39 is 0 Å². The lowest BCUT2D eigenvalue weighted by Gasteiger charge is -2.20. The molecule has 116 valence electrons. The van der Waals surface area contributed by atoms with Crippen molar-refractivity contribution in [3.05, 3.63) is 36.8 Å². The maximum atomic E-state index is 12.5. The van der Waals surface area contributed by atoms with Crippen molar-refractivity contribution in [3.63, 3.8) is 0 Å². The standard InChI is InChI=1S/C16H19N3O3/c1-3-13-9-22-11-19(13)16(20)18-8-15(17-10-18)12-5-4-6-14(7-12)21-2/h4-8,10,13H,3,9,11H2,1-2H3. The Morgan fingerprint density at radius 3 is 3.14 bits per heavy atom. The molecule has 3 rings (SSSR count). The first-order valence-corrected chi connectivity index (χ1v) is 7.30. The van der Waals surface area contributed by atoms with Crippen LogP contribution in [0.25, 0.3) is 11.3 Å². The van der Waals surface area contributed by atoms with Gasteiger partial charge in [-0.15, -0.1) is 0 Å². The molecule has 2 aromatic rings. The molecule has 1 unspecified atom stereocenters. The van der Waals surface area contributed by atoms with E-state index in [1.165, 1.54) is 4.57 Å². The Balaban J connectivity index is 1.82. The molecule has 6 nitrogen and oxygen atoms in total. The van der Waals surface area contributed by atoms with Crippen molar-refractivity contribution >= 4 is 6.03 Å². The van der Waals surface area contributed by atoms with Crippen LogP contribution in [0.1, 0.15) is 13.3 Å². The number of carbonyl (C=O) groups excluding carboxylic acids is 1. The van der Waals surface area contributed by atoms with Gasteiger partial charge in [0.15, 0.2) is 0 Å². The fourth-order valence-electron chi connectivity index (χ4n) is 2.54. The number of carbonyl (C=O) groups is 1. The van der Waals surface area contributed by atoms with Gasteiger partial charge in [0.2, 0.25) is 0 Å². The molecule has 1 aromatic heterocycles. The number of nitrogens with zero attached hydrogens (tertiary/aromatic N) is 3. The molecule has 0 radical (unpaired) electrons. The van der Waals surface area contributed by atoms with Crippen molar-refractivity contribution in [2.24, 2.45) is 0 Å². The van der Waals surface area contributed by atoms with Crippen molar-refractivity contribution in [3.8, 4) is 17.0 Å². The van der Waals surface area contributed by atoms with E-state index in [1.54, 1.807) is 24.5 Å². The second-order valence-electron chi connectivity index (χ2n) is 5.21. The van der Waals surface area contributed by atoms with E-state index in [0.29, 0.717) is 13.3 Å². The van der Waals surface area contributed by atoms with Gasteiger partial charge in [-0.3, -0.25) is 9.47 Å². The highest BCUT2D eigenvalue weighted by molar-refractivity contribution is 5.78. The Kier molecular flexibility index (Phi) is 4.11. The molecule has 2 heterocycles. The van der Waals surface area contributed by atoms with Crippen molar-refractivity contribution in [2.75, 3.05) is 20.4 Å². The third kappa shape index (κ3) is 2.69. The van der Waals surface area contributed by atoms with E-state index in [-0.39, 0.29) is 12.1 Å². The van der Waals surface area contributed by atoms with Crippen LogP contribution >= 0.6 is 0 Å². The van der Waals surface area contributed by atoms with Crippen LogP contribution in [0.3, 0.4) is 0 Å². The largest absolute Gasteiger partial charge is 0.497 e. The third-order valence-electron chi connectivity index (χ3n) is 3.87. The zero-order chi connectivity index (χ0) is 15.5. The molecule has 1 fully saturated rings. The highest BCUT2D eigenvalue weighted by Crippen LogP contribution is 2.23. The minimum Gasteiger partial charge on any atom is -0.497 e. The van der Waals surface area contributed by atoms with E-state index in [9.17, 15) is 4.79 Å². The molecule has 1 amide bonds. The lowest BCUT2D eigenvalue weighted by Crippen LogP contribution is -2.38. The van der Waals surface area contributed by atoms with E-state index in [0.717, 1.165) is 23.4 Å². The fraction of sp³-hybridized carbons (Fsp3) is 0.375. The summed E-state index contributed by atoms with van der Waals surface area (Å²) in [7, 11) is 1.62. The molecule has 1 aromatic carbocycles. The zero-order valence-electron chi connectivity index (χ0n) is 12.7. The molecule has 6 heteroatoms. The Bertz CT molecular complexity index is 668. The molecular weight excluding hydrogens is 282 g/mol. The Hall–Kier alpha value is -2.34. The summed E-state index contributed by atoms with van der Waals surface area (Å²) in [5.74, 6) is 0.761. The predicted molar refractivity (Wildman–Crippen MR) is 81.7 cm³/mol. The highest BCUT2D eigenvalue weighted by atomic mass is 16.5. The quantitative estimate of drug-likeness (QED) is 0.874. The Morgan fingerprint density at radius 2 is 2.36 bits per heavy atom. The van der Waals surface area contributed by atoms with E-state index >= 15 is 0 Å². The molecule has 1 aliphatic rings. The number of methoxy groups -OCH3 is 1. The van der Waals surface area contributed by atoms with Gasteiger partial charge < -0.3 is 9.47 Å². The molecule has 22 heavy (non-hydrogen) atoms. The van der Waals surface area contributed by atoms with Crippen LogP contribution in [0.2, 0.25) is 0 Å². The molecule has 0 bridgehead atoms. The number of rotatable bonds is 3. The molecule has 1 atom stereocenters. The molecule has 0 spiro atoms. The van der Waals surface area contributed by atoms with E-state index in [1.807, 2.05) is 24.3 Å². The maximum absolute atomic E-state index is 12.5. The first-order valence-electron chi connectivity index (χ1n) is 7.30. The number of imidazole rings is 1. The first kappa shape index (κ1) is 14.6. The van der Waals surface area contributed by atoms with Crippen LogP contribution in [0, 0.1) is 0 Å². The first-order chi connectivity index (χ1) is 10.7. The average molecular weight is 301 g/mol. The average Bonchev–Trinajstić information content (AvgIpc) is 3.23. The molecule has 0 saturated carbocycles. The second-order valence-corrected chi connectivity index (χ2v) is 5.21. The SMILES string of the molecule is CCC1COCN1C(=O)n1cnc(-c2cccc(OC)c2)c1. The second kappa shape index (κ2) is 6.19. The zero-order valence-corrected chi connectivity index (χ0v) is 12.7. The molecule has 1 aliphatic heterocycles. The molecule has 0 aliphatic carbocycles. The Labute approximate surface area is 129 Å². The van der Waals surface area contributed by atoms with Crippen LogP contribution in [-0.4, -0.2) is 47.0 Å². The van der Waals surface area contributed by atoms with Gasteiger partial charge in [0.25, 0.3) is 0 Å². The number of benzene rings is 1. The van der Waals surface area contributed by atoms with Crippen LogP contribution in [0.15, 0.2) is 36.8 Å². The summed E-state index contributed by atoms with van der Waals surface area (Å²) in [4.78, 5) is 18.6. The monoisotopic (exact) mass is 301 g/mol. The van der Waals surface area contributed by atoms with Gasteiger partial charge in [0.1, 0.15) is 18.8 Å². The lowest BCUT2D eigenvalue weighted by atomic mass is 10.1. The van der Waals surface area contributed by atoms with E-state index in [2.05, 4.69) is 11.9 Å². The summed E-state index contributed by atoms with van der Waals surface area (Å²) in [6.07, 6.45) is 4.16. The number of hydrogen-bond donors (Lipinski definition) is 0. The van der Waals surface area contributed by atoms with Crippen LogP contribution in [0.4, 0.5) is 4.79 Å². The number of ether oxygens (including phenoxy) is 2. The van der Waals surface area contributed by atoms with Crippen molar-refractivity contribution in [1.82, 2.24) is 14.5 Å². The van der Waals surface area contributed by atoms with Gasteiger partial charge in [-0.2, -0.15) is 0 Å². The van der Waals surface area contributed by atoms with Gasteiger partial charge in [0, 0.05) is 11.8 Å². The molecular formula is C16H19N3O3. The van der Waals surface area contributed by atoms with Gasteiger partial charge in [-0.25, -0.2) is 9.78 Å². The van der Waals surface area contributed by atoms with Crippen LogP contribution in [-0.2, 0) is 4.74 Å². The van der Waals surface area contributed by atoms with Crippen LogP contribution < -0.4 is 4.74 Å². The molecule has 1 saturated heterocycles. The van der Waals surface area contributed by atoms with E-state index in [4.69, 9.17) is 9.47 Å². The summed E-state index contributed by atoms with van der Waals surface area (Å²) < 4.78 is 12.1. The fourth-order valence-corrected chi connectivity index (χ4v) is 2.54. The number of hydrogen-bond acceptors (Lipinski definition) is 4. The van der Waals surface area contributed by atoms with Crippen molar-refractivity contribution in [2.45, 2.75) is 19.4 Å². The maximum Gasteiger partial charge on any atom is 0.331 e. The van der Waals surface area contributed by atoms with Crippen molar-refractivity contribution in [1.29, 1.82) is 0 Å². The van der Waals surface area contributed by atoms with Gasteiger partial charge in [-0.05, 0) is 18.6 Å². The number of amides is 1. The van der Waals surface area contributed by atoms with Crippen molar-refractivity contribution < 1.29 is 14.3 Å². The normalized spacial score (nSPS) is 17.7. The Morgan fingerprint density at radius 1 is 1.50 bits per heavy atom. The minimum atomic E-state index is -0.106. The highest BCUT2D eigenvalue weighted by Gasteiger charge is 2.29. The smallest absolute Gasteiger partial charge is 0.331 e. The predicted octanol–water partition coefficient (Wildman–Crippen LogP) is 2.60. The van der Waals surface area contributed by atoms with Gasteiger partial charge in [-0.1, -0.05) is 19.1 Å². The summed E-state index contributed by atoms with van der Waals surface area (Å²) in [6.45, 7) is 2.99.